The first kappa shape index (κ1) is 12.6. The zero-order chi connectivity index (χ0) is 6.69. The molecule has 11 heavy (non-hydrogen) atoms. The van der Waals surface area contributed by atoms with Gasteiger partial charge in [-0.15, -0.1) is 6.54 Å². The number of rotatable bonds is 0. The van der Waals surface area contributed by atoms with Crippen LogP contribution in [0.15, 0.2) is 0 Å². The number of hydrogen-bond acceptors (Lipinski definition) is 1. The molecule has 1 fully saturated rings. The van der Waals surface area contributed by atoms with E-state index in [1.165, 1.54) is 32.4 Å². The van der Waals surface area contributed by atoms with Crippen molar-refractivity contribution in [3.63, 3.8) is 0 Å². The molecule has 0 amide bonds. The Morgan fingerprint density at radius 3 is 2.55 bits per heavy atom. The van der Waals surface area contributed by atoms with Crippen LogP contribution in [0.3, 0.4) is 0 Å². The molecule has 0 atom stereocenters. The van der Waals surface area contributed by atoms with Crippen molar-refractivity contribution in [3.05, 3.63) is 13.3 Å². The van der Waals surface area contributed by atoms with Crippen LogP contribution in [0.5, 0.6) is 0 Å². The summed E-state index contributed by atoms with van der Waals surface area (Å²) in [6, 6.07) is 0. The summed E-state index contributed by atoms with van der Waals surface area (Å²) in [5.41, 5.74) is 0. The molecule has 0 saturated carbocycles. The van der Waals surface area contributed by atoms with E-state index in [4.69, 9.17) is 0 Å². The molecular formula is C9H19LrN-2. The monoisotopic (exact) mass is 403 g/mol. The third-order valence-corrected chi connectivity index (χ3v) is 1.93. The maximum atomic E-state index is 2.41. The molecule has 0 aromatic heterocycles. The van der Waals surface area contributed by atoms with Gasteiger partial charge in [0.15, 0.2) is 0 Å². The third kappa shape index (κ3) is 4.38. The van der Waals surface area contributed by atoms with Gasteiger partial charge in [0.25, 0.3) is 0 Å². The van der Waals surface area contributed by atoms with Gasteiger partial charge in [0, 0.05) is 0 Å². The van der Waals surface area contributed by atoms with E-state index in [2.05, 4.69) is 18.9 Å². The van der Waals surface area contributed by atoms with Crippen molar-refractivity contribution in [3.8, 4) is 0 Å². The summed E-state index contributed by atoms with van der Waals surface area (Å²) in [4.78, 5) is 2.41. The molecule has 1 aliphatic heterocycles. The van der Waals surface area contributed by atoms with Crippen molar-refractivity contribution in [2.45, 2.75) is 26.2 Å². The Morgan fingerprint density at radius 2 is 1.91 bits per heavy atom. The van der Waals surface area contributed by atoms with E-state index in [-0.39, 0.29) is 7.43 Å². The Hall–Kier alpha value is -1.04. The first-order valence-corrected chi connectivity index (χ1v) is 3.79. The molecule has 0 aromatic carbocycles. The largest absolute Gasteiger partial charge is 0.358 e. The van der Waals surface area contributed by atoms with E-state index in [1.54, 1.807) is 5.92 Å². The van der Waals surface area contributed by atoms with Crippen molar-refractivity contribution in [2.24, 2.45) is 0 Å². The van der Waals surface area contributed by atoms with Crippen molar-refractivity contribution in [1.29, 1.82) is 0 Å². The Labute approximate surface area is 65.4 Å². The van der Waals surface area contributed by atoms with Crippen LogP contribution in [-0.2, 0) is 0 Å². The van der Waals surface area contributed by atoms with Crippen molar-refractivity contribution in [1.82, 2.24) is 4.90 Å². The molecule has 0 spiro atoms. The van der Waals surface area contributed by atoms with Gasteiger partial charge in [-0.2, -0.15) is 13.3 Å². The minimum Gasteiger partial charge on any atom is -0.358 e. The third-order valence-electron chi connectivity index (χ3n) is 1.93. The second-order valence-electron chi connectivity index (χ2n) is 3.15. The van der Waals surface area contributed by atoms with Crippen molar-refractivity contribution >= 4 is 0 Å². The summed E-state index contributed by atoms with van der Waals surface area (Å²) < 4.78 is 0. The fourth-order valence-corrected chi connectivity index (χ4v) is 1.43. The van der Waals surface area contributed by atoms with Crippen LogP contribution in [0.1, 0.15) is 26.2 Å². The van der Waals surface area contributed by atoms with E-state index in [0.29, 0.717) is 0 Å². The van der Waals surface area contributed by atoms with Crippen LogP contribution in [0.2, 0.25) is 0 Å². The summed E-state index contributed by atoms with van der Waals surface area (Å²) in [6.45, 7) is 4.78. The molecule has 0 unspecified atom stereocenters. The number of likely N-dealkylation sites (tertiary alicyclic amines) is 1. The minimum atomic E-state index is 0. The van der Waals surface area contributed by atoms with Gasteiger partial charge in [0.1, 0.15) is 0 Å². The fraction of sp³-hybridized carbons (Fsp3) is 0.778. The fourth-order valence-electron chi connectivity index (χ4n) is 1.43. The van der Waals surface area contributed by atoms with E-state index in [9.17, 15) is 0 Å². The average molecular weight is 403 g/mol. The first-order valence-electron chi connectivity index (χ1n) is 3.79. The maximum Gasteiger partial charge on any atom is 0 e. The predicted octanol–water partition coefficient (Wildman–Crippen LogP) is 2.15. The van der Waals surface area contributed by atoms with Crippen LogP contribution < -0.4 is 0 Å². The van der Waals surface area contributed by atoms with Crippen molar-refractivity contribution < 1.29 is 0 Å². The maximum absolute atomic E-state index is 2.41. The van der Waals surface area contributed by atoms with Gasteiger partial charge in [0.2, 0.25) is 0 Å². The van der Waals surface area contributed by atoms with E-state index >= 15 is 0 Å². The second-order valence-corrected chi connectivity index (χ2v) is 3.15. The summed E-state index contributed by atoms with van der Waals surface area (Å²) in [6.07, 6.45) is 4.13. The van der Waals surface area contributed by atoms with Gasteiger partial charge in [-0.05, 0) is 20.0 Å². The predicted molar refractivity (Wildman–Crippen MR) is 46.7 cm³/mol. The Bertz CT molecular complexity index is 75.6. The van der Waals surface area contributed by atoms with E-state index in [1.807, 2.05) is 0 Å². The van der Waals surface area contributed by atoms with Crippen LogP contribution in [0.4, 0.5) is 0 Å². The molecule has 1 aliphatic rings. The Balaban J connectivity index is 0. The molecule has 0 bridgehead atoms. The molecular weight excluding hydrogens is 384 g/mol. The number of hydrogen-bond donors (Lipinski definition) is 0. The summed E-state index contributed by atoms with van der Waals surface area (Å²) in [5, 5.41) is 0. The molecule has 1 saturated heterocycles. The van der Waals surface area contributed by atoms with Gasteiger partial charge in [-0.25, -0.2) is 0 Å². The standard InChI is InChI=1S/C8H16N.CH3.Lr/c1-8-5-3-4-6-9(2)7-8;;/h3-7H2,1-2H3;1H3;/q2*-1;. The van der Waals surface area contributed by atoms with Crippen LogP contribution in [0.25, 0.3) is 0 Å². The summed E-state index contributed by atoms with van der Waals surface area (Å²) in [5.74, 6) is 1.65. The Morgan fingerprint density at radius 1 is 1.27 bits per heavy atom. The summed E-state index contributed by atoms with van der Waals surface area (Å²) >= 11 is 0. The molecule has 77 valence electrons. The molecule has 1 heterocycles. The zero-order valence-electron chi connectivity index (χ0n) is 7.74. The molecule has 1 rings (SSSR count). The summed E-state index contributed by atoms with van der Waals surface area (Å²) in [7, 11) is 2.20. The normalized spacial score (nSPS) is 21.3. The Kier molecular flexibility index (Phi) is 6.57. The van der Waals surface area contributed by atoms with Crippen LogP contribution in [0, 0.1) is 13.3 Å². The average Bonchev–Trinajstić information content (AvgIpc) is 1.93. The topological polar surface area (TPSA) is 3.24 Å². The van der Waals surface area contributed by atoms with Crippen LogP contribution in [-0.4, -0.2) is 25.0 Å². The molecule has 1 radical (unpaired) electrons. The molecule has 0 aliphatic carbocycles. The van der Waals surface area contributed by atoms with Gasteiger partial charge >= 0.3 is 0 Å². The molecule has 2 heteroatoms. The number of nitrogens with zero attached hydrogens (tertiary/aromatic N) is 1. The minimum absolute atomic E-state index is 0. The SMILES string of the molecule is C[C-]1CCCCN(C)C1.[CH3-].[Lr]. The van der Waals surface area contributed by atoms with E-state index < -0.39 is 0 Å². The quantitative estimate of drug-likeness (QED) is 0.561. The van der Waals surface area contributed by atoms with Gasteiger partial charge in [-0.1, -0.05) is 6.42 Å². The van der Waals surface area contributed by atoms with E-state index in [0.717, 1.165) is 0 Å². The van der Waals surface area contributed by atoms with Crippen LogP contribution >= 0.6 is 0 Å². The smallest absolute Gasteiger partial charge is 0 e. The second kappa shape index (κ2) is 5.72. The molecule has 0 aromatic rings. The van der Waals surface area contributed by atoms with Crippen molar-refractivity contribution in [2.75, 3.05) is 20.1 Å². The molecule has 1 nitrogen and oxygen atoms in total. The molecule has 0 N–H and O–H groups in total. The van der Waals surface area contributed by atoms with Gasteiger partial charge < -0.3 is 18.2 Å². The first-order chi connectivity index (χ1) is 4.29. The zero-order valence-corrected chi connectivity index (χ0v) is 9.89. The van der Waals surface area contributed by atoms with Gasteiger partial charge in [0.05, 0.1) is 0 Å². The van der Waals surface area contributed by atoms with Gasteiger partial charge in [-0.3, -0.25) is 0 Å².